The van der Waals surface area contributed by atoms with Gasteiger partial charge in [0, 0.05) is 29.9 Å². The molecule has 1 heterocycles. The van der Waals surface area contributed by atoms with Crippen LogP contribution in [0.4, 0.5) is 11.4 Å². The number of nitrogens with zero attached hydrogens (tertiary/aromatic N) is 1. The lowest BCUT2D eigenvalue weighted by atomic mass is 9.70. The van der Waals surface area contributed by atoms with Crippen LogP contribution >= 0.6 is 11.6 Å². The number of carbonyl (C=O) groups excluding carboxylic acids is 1. The smallest absolute Gasteiger partial charge is 0.227 e. The van der Waals surface area contributed by atoms with Crippen LogP contribution in [0.5, 0.6) is 0 Å². The molecule has 4 heteroatoms. The van der Waals surface area contributed by atoms with Crippen LogP contribution in [0, 0.1) is 6.92 Å². The number of aryl methyl sites for hydroxylation is 1. The van der Waals surface area contributed by atoms with Gasteiger partial charge in [-0.15, -0.1) is 0 Å². The van der Waals surface area contributed by atoms with Gasteiger partial charge in [0.1, 0.15) is 0 Å². The molecule has 1 aliphatic carbocycles. The predicted molar refractivity (Wildman–Crippen MR) is 104 cm³/mol. The van der Waals surface area contributed by atoms with Crippen LogP contribution in [0.3, 0.4) is 0 Å². The van der Waals surface area contributed by atoms with E-state index >= 15 is 0 Å². The number of hydrogen-bond donors (Lipinski definition) is 1. The molecule has 2 aromatic rings. The van der Waals surface area contributed by atoms with Crippen LogP contribution in [-0.4, -0.2) is 13.0 Å². The molecular weight excluding hydrogens is 332 g/mol. The second-order valence-corrected chi connectivity index (χ2v) is 7.68. The number of carbonyl (C=O) groups is 1. The maximum absolute atomic E-state index is 12.0. The molecule has 2 aromatic carbocycles. The Morgan fingerprint density at radius 3 is 2.68 bits per heavy atom. The van der Waals surface area contributed by atoms with Crippen molar-refractivity contribution in [1.82, 2.24) is 0 Å². The molecule has 0 unspecified atom stereocenters. The van der Waals surface area contributed by atoms with Crippen molar-refractivity contribution < 1.29 is 4.79 Å². The van der Waals surface area contributed by atoms with E-state index in [4.69, 9.17) is 11.6 Å². The molecule has 0 spiro atoms. The number of rotatable bonds is 3. The second-order valence-electron chi connectivity index (χ2n) is 7.27. The second kappa shape index (κ2) is 6.06. The third kappa shape index (κ3) is 2.71. The van der Waals surface area contributed by atoms with E-state index in [1.807, 2.05) is 19.2 Å². The van der Waals surface area contributed by atoms with Gasteiger partial charge in [-0.1, -0.05) is 29.8 Å². The van der Waals surface area contributed by atoms with E-state index in [1.165, 1.54) is 17.5 Å². The Bertz CT molecular complexity index is 842. The highest BCUT2D eigenvalue weighted by atomic mass is 35.5. The molecule has 0 saturated heterocycles. The molecule has 0 atom stereocenters. The first-order valence-corrected chi connectivity index (χ1v) is 9.31. The molecule has 1 fully saturated rings. The molecule has 3 nitrogen and oxygen atoms in total. The maximum atomic E-state index is 12.0. The minimum absolute atomic E-state index is 0.0551. The summed E-state index contributed by atoms with van der Waals surface area (Å²) >= 11 is 6.36. The number of amides is 1. The van der Waals surface area contributed by atoms with Gasteiger partial charge in [0.15, 0.2) is 0 Å². The SMILES string of the molecule is Cc1c(Cl)cccc1C1(Nc2ccc3c(c2)N(C)C(=O)CC3)CCC1. The van der Waals surface area contributed by atoms with Crippen LogP contribution in [0.2, 0.25) is 5.02 Å². The van der Waals surface area contributed by atoms with Gasteiger partial charge in [-0.25, -0.2) is 0 Å². The zero-order valence-electron chi connectivity index (χ0n) is 14.7. The van der Waals surface area contributed by atoms with Crippen molar-refractivity contribution in [3.05, 3.63) is 58.1 Å². The van der Waals surface area contributed by atoms with Crippen LogP contribution in [0.1, 0.15) is 42.4 Å². The standard InChI is InChI=1S/C21H23ClN2O/c1-14-17(5-3-6-18(14)22)21(11-4-12-21)23-16-9-7-15-8-10-20(25)24(2)19(15)13-16/h3,5-7,9,13,23H,4,8,10-12H2,1-2H3. The Hall–Kier alpha value is -2.00. The van der Waals surface area contributed by atoms with E-state index in [9.17, 15) is 4.79 Å². The normalized spacial score (nSPS) is 18.5. The molecule has 0 aromatic heterocycles. The molecule has 0 radical (unpaired) electrons. The van der Waals surface area contributed by atoms with Crippen LogP contribution in [-0.2, 0) is 16.8 Å². The van der Waals surface area contributed by atoms with Gasteiger partial charge < -0.3 is 10.2 Å². The molecule has 1 N–H and O–H groups in total. The molecule has 1 aliphatic heterocycles. The molecular formula is C21H23ClN2O. The average Bonchev–Trinajstić information content (AvgIpc) is 2.58. The van der Waals surface area contributed by atoms with Crippen molar-refractivity contribution >= 4 is 28.9 Å². The quantitative estimate of drug-likeness (QED) is 0.836. The number of benzene rings is 2. The van der Waals surface area contributed by atoms with E-state index in [-0.39, 0.29) is 11.4 Å². The van der Waals surface area contributed by atoms with E-state index in [0.717, 1.165) is 41.2 Å². The van der Waals surface area contributed by atoms with Crippen molar-refractivity contribution in [2.75, 3.05) is 17.3 Å². The Kier molecular flexibility index (Phi) is 3.99. The summed E-state index contributed by atoms with van der Waals surface area (Å²) in [7, 11) is 1.87. The van der Waals surface area contributed by atoms with Crippen LogP contribution in [0.15, 0.2) is 36.4 Å². The van der Waals surface area contributed by atoms with Crippen molar-refractivity contribution in [2.24, 2.45) is 0 Å². The minimum Gasteiger partial charge on any atom is -0.375 e. The summed E-state index contributed by atoms with van der Waals surface area (Å²) in [6, 6.07) is 12.6. The summed E-state index contributed by atoms with van der Waals surface area (Å²) in [4.78, 5) is 13.8. The lowest BCUT2D eigenvalue weighted by molar-refractivity contribution is -0.118. The lowest BCUT2D eigenvalue weighted by Gasteiger charge is -2.45. The highest BCUT2D eigenvalue weighted by Crippen LogP contribution is 2.46. The fourth-order valence-corrected chi connectivity index (χ4v) is 4.28. The monoisotopic (exact) mass is 354 g/mol. The Labute approximate surface area is 154 Å². The zero-order chi connectivity index (χ0) is 17.6. The van der Waals surface area contributed by atoms with E-state index in [0.29, 0.717) is 6.42 Å². The summed E-state index contributed by atoms with van der Waals surface area (Å²) in [5.41, 5.74) is 5.72. The topological polar surface area (TPSA) is 32.3 Å². The van der Waals surface area contributed by atoms with Gasteiger partial charge in [-0.2, -0.15) is 0 Å². The summed E-state index contributed by atoms with van der Waals surface area (Å²) in [5.74, 6) is 0.189. The van der Waals surface area contributed by atoms with Gasteiger partial charge in [-0.3, -0.25) is 4.79 Å². The minimum atomic E-state index is -0.0551. The Morgan fingerprint density at radius 2 is 1.96 bits per heavy atom. The molecule has 4 rings (SSSR count). The first-order chi connectivity index (χ1) is 12.0. The van der Waals surface area contributed by atoms with Gasteiger partial charge in [-0.05, 0) is 67.5 Å². The molecule has 2 aliphatic rings. The molecule has 1 saturated carbocycles. The van der Waals surface area contributed by atoms with Crippen molar-refractivity contribution in [2.45, 2.75) is 44.6 Å². The van der Waals surface area contributed by atoms with E-state index in [2.05, 4.69) is 36.5 Å². The summed E-state index contributed by atoms with van der Waals surface area (Å²) in [6.45, 7) is 2.10. The number of anilines is 2. The van der Waals surface area contributed by atoms with Crippen LogP contribution in [0.25, 0.3) is 0 Å². The number of halogens is 1. The van der Waals surface area contributed by atoms with Gasteiger partial charge in [0.2, 0.25) is 5.91 Å². The van der Waals surface area contributed by atoms with E-state index < -0.39 is 0 Å². The maximum Gasteiger partial charge on any atom is 0.227 e. The summed E-state index contributed by atoms with van der Waals surface area (Å²) < 4.78 is 0. The molecule has 0 bridgehead atoms. The fraction of sp³-hybridized carbons (Fsp3) is 0.381. The molecule has 130 valence electrons. The van der Waals surface area contributed by atoms with Crippen LogP contribution < -0.4 is 10.2 Å². The average molecular weight is 355 g/mol. The van der Waals surface area contributed by atoms with Crippen molar-refractivity contribution in [1.29, 1.82) is 0 Å². The Balaban J connectivity index is 1.69. The number of nitrogens with one attached hydrogen (secondary N) is 1. The van der Waals surface area contributed by atoms with Crippen molar-refractivity contribution in [3.63, 3.8) is 0 Å². The molecule has 25 heavy (non-hydrogen) atoms. The highest BCUT2D eigenvalue weighted by Gasteiger charge is 2.40. The third-order valence-corrected chi connectivity index (χ3v) is 6.21. The number of fused-ring (bicyclic) bond motifs is 1. The van der Waals surface area contributed by atoms with E-state index in [1.54, 1.807) is 4.90 Å². The van der Waals surface area contributed by atoms with Gasteiger partial charge in [0.05, 0.1) is 5.54 Å². The summed E-state index contributed by atoms with van der Waals surface area (Å²) in [6.07, 6.45) is 4.83. The molecule has 1 amide bonds. The summed E-state index contributed by atoms with van der Waals surface area (Å²) in [5, 5.41) is 4.59. The first-order valence-electron chi connectivity index (χ1n) is 8.93. The Morgan fingerprint density at radius 1 is 1.16 bits per heavy atom. The largest absolute Gasteiger partial charge is 0.375 e. The number of hydrogen-bond acceptors (Lipinski definition) is 2. The predicted octanol–water partition coefficient (Wildman–Crippen LogP) is 5.05. The van der Waals surface area contributed by atoms with Gasteiger partial charge in [0.25, 0.3) is 0 Å². The first kappa shape index (κ1) is 16.5. The van der Waals surface area contributed by atoms with Crippen molar-refractivity contribution in [3.8, 4) is 0 Å². The van der Waals surface area contributed by atoms with Gasteiger partial charge >= 0.3 is 0 Å². The zero-order valence-corrected chi connectivity index (χ0v) is 15.5. The third-order valence-electron chi connectivity index (χ3n) is 5.80. The highest BCUT2D eigenvalue weighted by molar-refractivity contribution is 6.31. The lowest BCUT2D eigenvalue weighted by Crippen LogP contribution is -2.42. The fourth-order valence-electron chi connectivity index (χ4n) is 4.10.